The van der Waals surface area contributed by atoms with Gasteiger partial charge in [-0.3, -0.25) is 24.0 Å². The second-order valence-electron chi connectivity index (χ2n) is 5.76. The van der Waals surface area contributed by atoms with Crippen LogP contribution in [-0.2, 0) is 28.8 Å². The number of nitrogens with two attached hydrogens (primary N) is 2. The molecule has 0 aromatic heterocycles. The average molecular weight is 421 g/mol. The molecule has 4 amide bonds. The summed E-state index contributed by atoms with van der Waals surface area (Å²) in [5, 5.41) is 41.5. The molecule has 0 aromatic carbocycles. The third-order valence-electron chi connectivity index (χ3n) is 3.38. The van der Waals surface area contributed by atoms with E-state index in [2.05, 4.69) is 0 Å². The van der Waals surface area contributed by atoms with Crippen molar-refractivity contribution >= 4 is 35.6 Å². The predicted octanol–water partition coefficient (Wildman–Crippen LogP) is -5.81. The van der Waals surface area contributed by atoms with Crippen LogP contribution in [0, 0.1) is 0 Å². The molecule has 0 rings (SSSR count). The Balaban J connectivity index is 5.29. The maximum absolute atomic E-state index is 12.2. The quantitative estimate of drug-likeness (QED) is 0.135. The number of carbonyl (C=O) groups is 6. The minimum Gasteiger partial charge on any atom is -0.481 e. The van der Waals surface area contributed by atoms with Gasteiger partial charge in [-0.15, -0.1) is 0 Å². The van der Waals surface area contributed by atoms with Crippen LogP contribution >= 0.6 is 0 Å². The van der Waals surface area contributed by atoms with Crippen LogP contribution in [0.25, 0.3) is 0 Å². The van der Waals surface area contributed by atoms with E-state index in [1.54, 1.807) is 0 Å². The first-order chi connectivity index (χ1) is 13.4. The third kappa shape index (κ3) is 9.45. The first-order valence-electron chi connectivity index (χ1n) is 8.04. The smallest absolute Gasteiger partial charge is 0.326 e. The summed E-state index contributed by atoms with van der Waals surface area (Å²) in [4.78, 5) is 68.9. The van der Waals surface area contributed by atoms with Crippen LogP contribution in [0.4, 0.5) is 0 Å². The summed E-state index contributed by atoms with van der Waals surface area (Å²) in [6, 6.07) is -6.61. The van der Waals surface area contributed by atoms with Crippen LogP contribution in [0.3, 0.4) is 0 Å². The molecule has 0 saturated heterocycles. The summed E-state index contributed by atoms with van der Waals surface area (Å²) < 4.78 is 0. The molecule has 4 atom stereocenters. The van der Waals surface area contributed by atoms with Gasteiger partial charge in [0, 0.05) is 0 Å². The van der Waals surface area contributed by atoms with Gasteiger partial charge in [0.25, 0.3) is 0 Å². The second-order valence-corrected chi connectivity index (χ2v) is 5.76. The molecule has 0 bridgehead atoms. The molecule has 0 aliphatic carbocycles. The molecule has 0 heterocycles. The molecule has 164 valence electrons. The van der Waals surface area contributed by atoms with Crippen molar-refractivity contribution in [2.75, 3.05) is 13.2 Å². The van der Waals surface area contributed by atoms with Crippen molar-refractivity contribution in [2.24, 2.45) is 11.5 Å². The SMILES string of the molecule is NC(=O)CC(NC(=O)C(CO)NC(=O)C(N)CO)C(=O)NC(CC(=O)O)C(=O)O. The van der Waals surface area contributed by atoms with Gasteiger partial charge in [-0.25, -0.2) is 4.79 Å². The second kappa shape index (κ2) is 12.2. The highest BCUT2D eigenvalue weighted by molar-refractivity contribution is 5.96. The predicted molar refractivity (Wildman–Crippen MR) is 91.6 cm³/mol. The number of carbonyl (C=O) groups excluding carboxylic acids is 4. The fourth-order valence-electron chi connectivity index (χ4n) is 1.89. The van der Waals surface area contributed by atoms with E-state index in [0.717, 1.165) is 0 Å². The van der Waals surface area contributed by atoms with Gasteiger partial charge in [0.1, 0.15) is 24.2 Å². The lowest BCUT2D eigenvalue weighted by atomic mass is 10.1. The van der Waals surface area contributed by atoms with E-state index in [0.29, 0.717) is 0 Å². The first kappa shape index (κ1) is 25.7. The Morgan fingerprint density at radius 2 is 1.21 bits per heavy atom. The van der Waals surface area contributed by atoms with Gasteiger partial charge in [0.2, 0.25) is 23.6 Å². The summed E-state index contributed by atoms with van der Waals surface area (Å²) in [5.41, 5.74) is 10.2. The molecule has 0 aliphatic heterocycles. The highest BCUT2D eigenvalue weighted by Gasteiger charge is 2.31. The van der Waals surface area contributed by atoms with Gasteiger partial charge < -0.3 is 47.8 Å². The molecule has 15 nitrogen and oxygen atoms in total. The van der Waals surface area contributed by atoms with Crippen molar-refractivity contribution in [3.63, 3.8) is 0 Å². The number of hydrogen-bond acceptors (Lipinski definition) is 9. The molecule has 15 heteroatoms. The number of carboxylic acids is 2. The molecule has 4 unspecified atom stereocenters. The molecule has 0 spiro atoms. The molecule has 0 aromatic rings. The Hall–Kier alpha value is -3.30. The standard InChI is InChI=1S/C14H23N5O10/c15-5(3-20)11(25)19-8(4-21)13(27)17-6(1-9(16)22)12(26)18-7(14(28)29)2-10(23)24/h5-8,20-21H,1-4,15H2,(H2,16,22)(H,17,27)(H,18,26)(H,19,25)(H,23,24)(H,28,29). The average Bonchev–Trinajstić information content (AvgIpc) is 2.62. The number of rotatable bonds is 13. The summed E-state index contributed by atoms with van der Waals surface area (Å²) >= 11 is 0. The van der Waals surface area contributed by atoms with Gasteiger partial charge in [-0.2, -0.15) is 0 Å². The summed E-state index contributed by atoms with van der Waals surface area (Å²) in [7, 11) is 0. The maximum Gasteiger partial charge on any atom is 0.326 e. The number of carboxylic acid groups (broad SMARTS) is 2. The van der Waals surface area contributed by atoms with Crippen LogP contribution in [0.5, 0.6) is 0 Å². The van der Waals surface area contributed by atoms with E-state index in [1.165, 1.54) is 0 Å². The van der Waals surface area contributed by atoms with Crippen molar-refractivity contribution in [3.8, 4) is 0 Å². The largest absolute Gasteiger partial charge is 0.481 e. The summed E-state index contributed by atoms with van der Waals surface area (Å²) in [5.74, 6) is -7.66. The molecule has 0 radical (unpaired) electrons. The van der Waals surface area contributed by atoms with Gasteiger partial charge in [-0.05, 0) is 0 Å². The van der Waals surface area contributed by atoms with E-state index in [9.17, 15) is 33.9 Å². The number of aliphatic hydroxyl groups excluding tert-OH is 2. The highest BCUT2D eigenvalue weighted by Crippen LogP contribution is 1.99. The van der Waals surface area contributed by atoms with Crippen molar-refractivity contribution in [3.05, 3.63) is 0 Å². The van der Waals surface area contributed by atoms with Crippen LogP contribution in [0.1, 0.15) is 12.8 Å². The molecular formula is C14H23N5O10. The van der Waals surface area contributed by atoms with Gasteiger partial charge in [0.05, 0.1) is 26.1 Å². The Labute approximate surface area is 163 Å². The zero-order valence-electron chi connectivity index (χ0n) is 15.0. The maximum atomic E-state index is 12.2. The Bertz CT molecular complexity index is 655. The normalized spacial score (nSPS) is 14.6. The van der Waals surface area contributed by atoms with Crippen LogP contribution in [0.15, 0.2) is 0 Å². The Kier molecular flexibility index (Phi) is 10.8. The van der Waals surface area contributed by atoms with Crippen molar-refractivity contribution < 1.29 is 49.2 Å². The van der Waals surface area contributed by atoms with Crippen molar-refractivity contribution in [1.29, 1.82) is 0 Å². The molecule has 11 N–H and O–H groups in total. The minimum absolute atomic E-state index is 0.752. The molecule has 0 fully saturated rings. The van der Waals surface area contributed by atoms with Gasteiger partial charge in [0.15, 0.2) is 0 Å². The lowest BCUT2D eigenvalue weighted by molar-refractivity contribution is -0.147. The summed E-state index contributed by atoms with van der Waals surface area (Å²) in [6.07, 6.45) is -1.77. The number of hydrogen-bond donors (Lipinski definition) is 9. The number of primary amides is 1. The van der Waals surface area contributed by atoms with Crippen molar-refractivity contribution in [1.82, 2.24) is 16.0 Å². The lowest BCUT2D eigenvalue weighted by Gasteiger charge is -2.23. The highest BCUT2D eigenvalue weighted by atomic mass is 16.4. The van der Waals surface area contributed by atoms with E-state index < -0.39 is 85.8 Å². The van der Waals surface area contributed by atoms with Crippen LogP contribution in [0.2, 0.25) is 0 Å². The third-order valence-corrected chi connectivity index (χ3v) is 3.38. The monoisotopic (exact) mass is 421 g/mol. The molecule has 29 heavy (non-hydrogen) atoms. The van der Waals surface area contributed by atoms with Gasteiger partial charge in [-0.1, -0.05) is 0 Å². The summed E-state index contributed by atoms with van der Waals surface area (Å²) in [6.45, 7) is -1.70. The van der Waals surface area contributed by atoms with E-state index in [-0.39, 0.29) is 0 Å². The fraction of sp³-hybridized carbons (Fsp3) is 0.571. The topological polar surface area (TPSA) is 271 Å². The van der Waals surface area contributed by atoms with Crippen molar-refractivity contribution in [2.45, 2.75) is 37.0 Å². The number of nitrogens with one attached hydrogen (secondary N) is 3. The van der Waals surface area contributed by atoms with E-state index in [1.807, 2.05) is 16.0 Å². The minimum atomic E-state index is -1.86. The number of aliphatic carboxylic acids is 2. The van der Waals surface area contributed by atoms with E-state index in [4.69, 9.17) is 26.8 Å². The van der Waals surface area contributed by atoms with Crippen LogP contribution < -0.4 is 27.4 Å². The van der Waals surface area contributed by atoms with Crippen LogP contribution in [-0.4, -0.2) is 93.4 Å². The van der Waals surface area contributed by atoms with E-state index >= 15 is 0 Å². The fourth-order valence-corrected chi connectivity index (χ4v) is 1.89. The Morgan fingerprint density at radius 1 is 0.724 bits per heavy atom. The molecule has 0 saturated carbocycles. The first-order valence-corrected chi connectivity index (χ1v) is 8.04. The molecular weight excluding hydrogens is 398 g/mol. The molecule has 0 aliphatic rings. The van der Waals surface area contributed by atoms with Gasteiger partial charge >= 0.3 is 11.9 Å². The lowest BCUT2D eigenvalue weighted by Crippen LogP contribution is -2.59. The number of aliphatic hydroxyl groups is 2. The Morgan fingerprint density at radius 3 is 1.62 bits per heavy atom. The zero-order valence-corrected chi connectivity index (χ0v) is 15.0. The number of amides is 4. The zero-order chi connectivity index (χ0) is 22.7.